The molecule has 1 unspecified atom stereocenters. The molecule has 4 nitrogen and oxygen atoms in total. The maximum atomic E-state index is 11.7. The number of hydrogen-bond donors (Lipinski definition) is 0. The molecule has 2 rings (SSSR count). The average Bonchev–Trinajstić information content (AvgIpc) is 2.46. The first-order chi connectivity index (χ1) is 9.13. The number of piperazine rings is 1. The Hall–Kier alpha value is -1.42. The van der Waals surface area contributed by atoms with E-state index in [9.17, 15) is 4.79 Å². The molecule has 4 heteroatoms. The molecule has 1 aromatic heterocycles. The highest BCUT2D eigenvalue weighted by molar-refractivity contribution is 5.98. The van der Waals surface area contributed by atoms with Gasteiger partial charge in [0.1, 0.15) is 5.82 Å². The molecular weight excluding hydrogens is 238 g/mol. The highest BCUT2D eigenvalue weighted by atomic mass is 16.1. The normalized spacial score (nSPS) is 18.4. The minimum Gasteiger partial charge on any atom is -0.353 e. The van der Waals surface area contributed by atoms with Crippen molar-refractivity contribution < 1.29 is 4.79 Å². The molecule has 1 fully saturated rings. The van der Waals surface area contributed by atoms with Crippen molar-refractivity contribution in [1.29, 1.82) is 0 Å². The zero-order valence-electron chi connectivity index (χ0n) is 12.1. The molecular formula is C15H23N3O. The fraction of sp³-hybridized carbons (Fsp3) is 0.600. The Morgan fingerprint density at radius 3 is 2.63 bits per heavy atom. The first-order valence-electron chi connectivity index (χ1n) is 7.08. The number of nitrogens with zero attached hydrogens (tertiary/aromatic N) is 3. The zero-order chi connectivity index (χ0) is 13.8. The molecule has 1 saturated heterocycles. The number of hydrogen-bond acceptors (Lipinski definition) is 4. The minimum atomic E-state index is 0.0902. The largest absolute Gasteiger partial charge is 0.353 e. The van der Waals surface area contributed by atoms with E-state index in [4.69, 9.17) is 0 Å². The number of carbonyl (C=O) groups is 1. The monoisotopic (exact) mass is 261 g/mol. The number of pyridine rings is 1. The molecule has 0 bridgehead atoms. The Kier molecular flexibility index (Phi) is 4.53. The van der Waals surface area contributed by atoms with Gasteiger partial charge in [-0.25, -0.2) is 4.98 Å². The van der Waals surface area contributed by atoms with Gasteiger partial charge in [0, 0.05) is 38.4 Å². The summed E-state index contributed by atoms with van der Waals surface area (Å²) in [5.74, 6) is 0.936. The number of Topliss-reactive ketones (excluding diaryl/α,β-unsaturated/α-hetero) is 1. The van der Waals surface area contributed by atoms with Crippen molar-refractivity contribution in [2.75, 3.05) is 31.1 Å². The van der Waals surface area contributed by atoms with E-state index in [0.29, 0.717) is 6.04 Å². The van der Waals surface area contributed by atoms with Crippen LogP contribution in [-0.4, -0.2) is 47.9 Å². The molecule has 1 aliphatic heterocycles. The molecule has 104 valence electrons. The molecule has 19 heavy (non-hydrogen) atoms. The summed E-state index contributed by atoms with van der Waals surface area (Å²) in [4.78, 5) is 20.8. The molecule has 1 aromatic rings. The van der Waals surface area contributed by atoms with Gasteiger partial charge in [-0.2, -0.15) is 0 Å². The van der Waals surface area contributed by atoms with Gasteiger partial charge in [-0.05, 0) is 32.4 Å². The van der Waals surface area contributed by atoms with E-state index in [-0.39, 0.29) is 5.78 Å². The van der Waals surface area contributed by atoms with Gasteiger partial charge in [0.25, 0.3) is 0 Å². The van der Waals surface area contributed by atoms with Crippen molar-refractivity contribution in [2.24, 2.45) is 0 Å². The van der Waals surface area contributed by atoms with Gasteiger partial charge in [0.2, 0.25) is 0 Å². The fourth-order valence-corrected chi connectivity index (χ4v) is 2.56. The summed E-state index contributed by atoms with van der Waals surface area (Å²) >= 11 is 0. The topological polar surface area (TPSA) is 36.4 Å². The smallest absolute Gasteiger partial charge is 0.163 e. The Morgan fingerprint density at radius 1 is 1.37 bits per heavy atom. The van der Waals surface area contributed by atoms with Crippen LogP contribution in [0.15, 0.2) is 18.3 Å². The quantitative estimate of drug-likeness (QED) is 0.779. The van der Waals surface area contributed by atoms with Gasteiger partial charge in [0.05, 0.1) is 5.56 Å². The number of rotatable bonds is 4. The molecule has 0 amide bonds. The van der Waals surface area contributed by atoms with Crippen molar-refractivity contribution in [3.05, 3.63) is 23.9 Å². The second kappa shape index (κ2) is 6.15. The molecule has 0 radical (unpaired) electrons. The molecule has 0 saturated carbocycles. The van der Waals surface area contributed by atoms with E-state index in [0.717, 1.165) is 37.6 Å². The van der Waals surface area contributed by atoms with E-state index in [1.165, 1.54) is 6.42 Å². The lowest BCUT2D eigenvalue weighted by Crippen LogP contribution is -2.50. The second-order valence-electron chi connectivity index (χ2n) is 5.21. The van der Waals surface area contributed by atoms with Gasteiger partial charge >= 0.3 is 0 Å². The van der Waals surface area contributed by atoms with Crippen molar-refractivity contribution in [1.82, 2.24) is 9.88 Å². The van der Waals surface area contributed by atoms with Gasteiger partial charge in [-0.15, -0.1) is 0 Å². The number of aromatic nitrogens is 1. The Labute approximate surface area is 115 Å². The highest BCUT2D eigenvalue weighted by Crippen LogP contribution is 2.20. The van der Waals surface area contributed by atoms with Crippen LogP contribution in [0.1, 0.15) is 37.6 Å². The Bertz CT molecular complexity index is 439. The number of anilines is 1. The standard InChI is InChI=1S/C15H23N3O/c1-4-12(2)17-8-10-18(11-9-17)15-14(13(3)19)6-5-7-16-15/h5-7,12H,4,8-11H2,1-3H3. The molecule has 1 aliphatic rings. The van der Waals surface area contributed by atoms with Crippen molar-refractivity contribution >= 4 is 11.6 Å². The van der Waals surface area contributed by atoms with Crippen molar-refractivity contribution in [3.63, 3.8) is 0 Å². The van der Waals surface area contributed by atoms with Crippen molar-refractivity contribution in [2.45, 2.75) is 33.2 Å². The van der Waals surface area contributed by atoms with E-state index < -0.39 is 0 Å². The van der Waals surface area contributed by atoms with E-state index >= 15 is 0 Å². The van der Waals surface area contributed by atoms with E-state index in [1.807, 2.05) is 12.1 Å². The van der Waals surface area contributed by atoms with Gasteiger partial charge in [0.15, 0.2) is 5.78 Å². The summed E-state index contributed by atoms with van der Waals surface area (Å²) in [5.41, 5.74) is 0.736. The highest BCUT2D eigenvalue weighted by Gasteiger charge is 2.23. The van der Waals surface area contributed by atoms with E-state index in [2.05, 4.69) is 28.6 Å². The summed E-state index contributed by atoms with van der Waals surface area (Å²) in [6.07, 6.45) is 2.95. The average molecular weight is 261 g/mol. The van der Waals surface area contributed by atoms with Crippen LogP contribution < -0.4 is 4.90 Å². The Morgan fingerprint density at radius 2 is 2.05 bits per heavy atom. The second-order valence-corrected chi connectivity index (χ2v) is 5.21. The Balaban J connectivity index is 2.08. The predicted molar refractivity (Wildman–Crippen MR) is 77.8 cm³/mol. The van der Waals surface area contributed by atoms with E-state index in [1.54, 1.807) is 13.1 Å². The summed E-state index contributed by atoms with van der Waals surface area (Å²) < 4.78 is 0. The first kappa shape index (κ1) is 14.0. The lowest BCUT2D eigenvalue weighted by Gasteiger charge is -2.38. The van der Waals surface area contributed by atoms with Gasteiger partial charge in [-0.3, -0.25) is 9.69 Å². The lowest BCUT2D eigenvalue weighted by molar-refractivity contribution is 0.101. The van der Waals surface area contributed by atoms with Crippen LogP contribution >= 0.6 is 0 Å². The number of ketones is 1. The SMILES string of the molecule is CCC(C)N1CCN(c2ncccc2C(C)=O)CC1. The lowest BCUT2D eigenvalue weighted by atomic mass is 10.1. The van der Waals surface area contributed by atoms with Gasteiger partial charge in [-0.1, -0.05) is 6.92 Å². The van der Waals surface area contributed by atoms with Gasteiger partial charge < -0.3 is 4.90 Å². The third-order valence-corrected chi connectivity index (χ3v) is 3.99. The van der Waals surface area contributed by atoms with Crippen LogP contribution in [0.4, 0.5) is 5.82 Å². The van der Waals surface area contributed by atoms with Crippen LogP contribution in [0.5, 0.6) is 0 Å². The van der Waals surface area contributed by atoms with Crippen LogP contribution in [0, 0.1) is 0 Å². The predicted octanol–water partition coefficient (Wildman–Crippen LogP) is 2.20. The molecule has 1 atom stereocenters. The molecule has 2 heterocycles. The maximum Gasteiger partial charge on any atom is 0.163 e. The van der Waals surface area contributed by atoms with Crippen LogP contribution in [-0.2, 0) is 0 Å². The fourth-order valence-electron chi connectivity index (χ4n) is 2.56. The van der Waals surface area contributed by atoms with Crippen LogP contribution in [0.2, 0.25) is 0 Å². The first-order valence-corrected chi connectivity index (χ1v) is 7.08. The maximum absolute atomic E-state index is 11.7. The third kappa shape index (κ3) is 3.13. The summed E-state index contributed by atoms with van der Waals surface area (Å²) in [7, 11) is 0. The number of carbonyl (C=O) groups excluding carboxylic acids is 1. The van der Waals surface area contributed by atoms with Crippen LogP contribution in [0.25, 0.3) is 0 Å². The molecule has 0 spiro atoms. The summed E-state index contributed by atoms with van der Waals surface area (Å²) in [6, 6.07) is 4.33. The minimum absolute atomic E-state index is 0.0902. The summed E-state index contributed by atoms with van der Waals surface area (Å²) in [6.45, 7) is 10.1. The third-order valence-electron chi connectivity index (χ3n) is 3.99. The molecule has 0 aliphatic carbocycles. The summed E-state index contributed by atoms with van der Waals surface area (Å²) in [5, 5.41) is 0. The molecule has 0 aromatic carbocycles. The van der Waals surface area contributed by atoms with Crippen LogP contribution in [0.3, 0.4) is 0 Å². The zero-order valence-corrected chi connectivity index (χ0v) is 12.1. The molecule has 0 N–H and O–H groups in total. The van der Waals surface area contributed by atoms with Crippen molar-refractivity contribution in [3.8, 4) is 0 Å².